The molecule has 10 heteroatoms. The van der Waals surface area contributed by atoms with Crippen molar-refractivity contribution in [2.45, 2.75) is 44.0 Å². The second-order valence-electron chi connectivity index (χ2n) is 7.78. The molecule has 1 aliphatic rings. The lowest BCUT2D eigenvalue weighted by Gasteiger charge is -2.39. The van der Waals surface area contributed by atoms with E-state index >= 15 is 0 Å². The Balaban J connectivity index is 0.00000289. The minimum absolute atomic E-state index is 0. The number of hydrogen-bond donors (Lipinski definition) is 1. The molecule has 2 N–H and O–H groups in total. The summed E-state index contributed by atoms with van der Waals surface area (Å²) in [7, 11) is -3.59. The molecule has 0 bridgehead atoms. The maximum atomic E-state index is 13.1. The van der Waals surface area contributed by atoms with E-state index in [-0.39, 0.29) is 18.9 Å². The van der Waals surface area contributed by atoms with Gasteiger partial charge < -0.3 is 5.73 Å². The molecule has 3 aromatic rings. The van der Waals surface area contributed by atoms with Gasteiger partial charge in [-0.1, -0.05) is 55.5 Å². The fraction of sp³-hybridized carbons (Fsp3) is 0.364. The molecule has 2 aromatic carbocycles. The molecule has 170 valence electrons. The quantitative estimate of drug-likeness (QED) is 0.604. The molecule has 0 aliphatic carbocycles. The highest BCUT2D eigenvalue weighted by Crippen LogP contribution is 2.40. The number of carbonyl (C=O) groups excluding carboxylic acids is 1. The third-order valence-corrected chi connectivity index (χ3v) is 7.65. The SMILES string of the molecule is C.Cc1ccc(S(=O)(=O)N2CCC(c3ccccc3)(c3nnn(CC(N)=O)n3)CC2)cc1. The molecule has 1 saturated heterocycles. The second kappa shape index (κ2) is 9.17. The van der Waals surface area contributed by atoms with Gasteiger partial charge in [0.05, 0.1) is 10.3 Å². The number of hydrogen-bond acceptors (Lipinski definition) is 6. The van der Waals surface area contributed by atoms with Gasteiger partial charge in [0.25, 0.3) is 0 Å². The van der Waals surface area contributed by atoms with Crippen LogP contribution in [0.25, 0.3) is 0 Å². The van der Waals surface area contributed by atoms with E-state index in [4.69, 9.17) is 5.73 Å². The molecule has 1 fully saturated rings. The molecule has 0 radical (unpaired) electrons. The molecule has 32 heavy (non-hydrogen) atoms. The van der Waals surface area contributed by atoms with E-state index in [0.29, 0.717) is 31.8 Å². The van der Waals surface area contributed by atoms with Crippen LogP contribution in [0, 0.1) is 6.92 Å². The maximum absolute atomic E-state index is 13.1. The minimum Gasteiger partial charge on any atom is -0.368 e. The van der Waals surface area contributed by atoms with Gasteiger partial charge >= 0.3 is 0 Å². The molecular formula is C22H28N6O3S. The molecule has 2 heterocycles. The summed E-state index contributed by atoms with van der Waals surface area (Å²) in [5, 5.41) is 12.6. The summed E-state index contributed by atoms with van der Waals surface area (Å²) in [6.07, 6.45) is 0.981. The zero-order chi connectivity index (χ0) is 22.1. The number of aryl methyl sites for hydroxylation is 1. The predicted octanol–water partition coefficient (Wildman–Crippen LogP) is 1.87. The number of carbonyl (C=O) groups is 1. The first-order chi connectivity index (χ1) is 14.8. The van der Waals surface area contributed by atoms with Crippen LogP contribution < -0.4 is 5.73 Å². The number of nitrogens with two attached hydrogens (primary N) is 1. The Labute approximate surface area is 188 Å². The van der Waals surface area contributed by atoms with Gasteiger partial charge in [-0.3, -0.25) is 4.79 Å². The lowest BCUT2D eigenvalue weighted by molar-refractivity contribution is -0.119. The summed E-state index contributed by atoms with van der Waals surface area (Å²) >= 11 is 0. The third kappa shape index (κ3) is 4.42. The Bertz CT molecular complexity index is 1170. The van der Waals surface area contributed by atoms with E-state index in [2.05, 4.69) is 15.4 Å². The van der Waals surface area contributed by atoms with Gasteiger partial charge in [-0.15, -0.1) is 10.2 Å². The average molecular weight is 457 g/mol. The van der Waals surface area contributed by atoms with Crippen LogP contribution in [0.3, 0.4) is 0 Å². The monoisotopic (exact) mass is 456 g/mol. The highest BCUT2D eigenvalue weighted by atomic mass is 32.2. The number of benzene rings is 2. The highest BCUT2D eigenvalue weighted by Gasteiger charge is 2.44. The summed E-state index contributed by atoms with van der Waals surface area (Å²) in [5.74, 6) is -0.0935. The standard InChI is InChI=1S/C21H24N6O3S.CH4/c1-16-7-9-18(10-8-16)31(29,30)26-13-11-21(12-14-26,17-5-3-2-4-6-17)20-23-25-27(24-20)15-19(22)28;/h2-10H,11-15H2,1H3,(H2,22,28);1H4. The van der Waals surface area contributed by atoms with E-state index in [0.717, 1.165) is 11.1 Å². The molecular weight excluding hydrogens is 428 g/mol. The number of primary amides is 1. The van der Waals surface area contributed by atoms with Crippen LogP contribution in [0.1, 0.15) is 37.2 Å². The van der Waals surface area contributed by atoms with Crippen LogP contribution in [-0.4, -0.2) is 51.9 Å². The maximum Gasteiger partial charge on any atom is 0.243 e. The largest absolute Gasteiger partial charge is 0.368 e. The topological polar surface area (TPSA) is 124 Å². The summed E-state index contributed by atoms with van der Waals surface area (Å²) in [4.78, 5) is 12.7. The van der Waals surface area contributed by atoms with Gasteiger partial charge in [0, 0.05) is 13.1 Å². The van der Waals surface area contributed by atoms with E-state index in [1.54, 1.807) is 24.3 Å². The zero-order valence-electron chi connectivity index (χ0n) is 17.2. The van der Waals surface area contributed by atoms with Crippen LogP contribution in [0.4, 0.5) is 0 Å². The number of aromatic nitrogens is 4. The first-order valence-electron chi connectivity index (χ1n) is 10.0. The van der Waals surface area contributed by atoms with Crippen LogP contribution in [-0.2, 0) is 26.8 Å². The number of amides is 1. The van der Waals surface area contributed by atoms with Gasteiger partial charge in [-0.2, -0.15) is 9.10 Å². The Morgan fingerprint density at radius 3 is 2.28 bits per heavy atom. The highest BCUT2D eigenvalue weighted by molar-refractivity contribution is 7.89. The Hall–Kier alpha value is -3.11. The van der Waals surface area contributed by atoms with Crippen molar-refractivity contribution in [1.29, 1.82) is 0 Å². The molecule has 1 aromatic heterocycles. The van der Waals surface area contributed by atoms with Crippen molar-refractivity contribution in [2.24, 2.45) is 5.73 Å². The predicted molar refractivity (Wildman–Crippen MR) is 120 cm³/mol. The number of tetrazole rings is 1. The van der Waals surface area contributed by atoms with Crippen LogP contribution >= 0.6 is 0 Å². The summed E-state index contributed by atoms with van der Waals surface area (Å²) in [6, 6.07) is 16.6. The van der Waals surface area contributed by atoms with Crippen LogP contribution in [0.15, 0.2) is 59.5 Å². The van der Waals surface area contributed by atoms with Crippen LogP contribution in [0.2, 0.25) is 0 Å². The van der Waals surface area contributed by atoms with Gasteiger partial charge in [-0.25, -0.2) is 8.42 Å². The summed E-state index contributed by atoms with van der Waals surface area (Å²) < 4.78 is 27.8. The van der Waals surface area contributed by atoms with Gasteiger partial charge in [0.15, 0.2) is 5.82 Å². The van der Waals surface area contributed by atoms with Crippen molar-refractivity contribution in [3.05, 3.63) is 71.5 Å². The summed E-state index contributed by atoms with van der Waals surface area (Å²) in [5.41, 5.74) is 6.64. The Morgan fingerprint density at radius 1 is 1.06 bits per heavy atom. The van der Waals surface area contributed by atoms with E-state index in [9.17, 15) is 13.2 Å². The average Bonchev–Trinajstić information content (AvgIpc) is 3.23. The van der Waals surface area contributed by atoms with Crippen LogP contribution in [0.5, 0.6) is 0 Å². The number of nitrogens with zero attached hydrogens (tertiary/aromatic N) is 5. The number of rotatable bonds is 6. The van der Waals surface area contributed by atoms with E-state index in [1.165, 1.54) is 9.10 Å². The zero-order valence-corrected chi connectivity index (χ0v) is 18.0. The van der Waals surface area contributed by atoms with Crippen molar-refractivity contribution in [1.82, 2.24) is 24.5 Å². The first-order valence-corrected chi connectivity index (χ1v) is 11.4. The van der Waals surface area contributed by atoms with E-state index in [1.807, 2.05) is 37.3 Å². The van der Waals surface area contributed by atoms with Crippen molar-refractivity contribution < 1.29 is 13.2 Å². The Kier molecular flexibility index (Phi) is 6.75. The molecule has 4 rings (SSSR count). The van der Waals surface area contributed by atoms with Gasteiger partial charge in [-0.05, 0) is 42.7 Å². The number of piperidine rings is 1. The fourth-order valence-electron chi connectivity index (χ4n) is 4.01. The van der Waals surface area contributed by atoms with Crippen molar-refractivity contribution in [3.8, 4) is 0 Å². The smallest absolute Gasteiger partial charge is 0.243 e. The first kappa shape index (κ1) is 23.6. The lowest BCUT2D eigenvalue weighted by atomic mass is 9.72. The molecule has 0 unspecified atom stereocenters. The molecule has 0 spiro atoms. The molecule has 0 saturated carbocycles. The summed E-state index contributed by atoms with van der Waals surface area (Å²) in [6.45, 7) is 2.39. The number of sulfonamides is 1. The fourth-order valence-corrected chi connectivity index (χ4v) is 5.45. The van der Waals surface area contributed by atoms with E-state index < -0.39 is 21.3 Å². The van der Waals surface area contributed by atoms with Crippen molar-refractivity contribution in [2.75, 3.05) is 13.1 Å². The molecule has 0 atom stereocenters. The molecule has 9 nitrogen and oxygen atoms in total. The van der Waals surface area contributed by atoms with Crippen molar-refractivity contribution in [3.63, 3.8) is 0 Å². The second-order valence-corrected chi connectivity index (χ2v) is 9.71. The Morgan fingerprint density at radius 2 is 1.69 bits per heavy atom. The minimum atomic E-state index is -3.59. The molecule has 1 aliphatic heterocycles. The lowest BCUT2D eigenvalue weighted by Crippen LogP contribution is -2.46. The normalized spacial score (nSPS) is 16.3. The third-order valence-electron chi connectivity index (χ3n) is 5.74. The van der Waals surface area contributed by atoms with Gasteiger partial charge in [0.1, 0.15) is 6.54 Å². The molecule has 1 amide bonds. The van der Waals surface area contributed by atoms with Crippen molar-refractivity contribution >= 4 is 15.9 Å². The van der Waals surface area contributed by atoms with Gasteiger partial charge in [0.2, 0.25) is 15.9 Å².